The molecule has 1 aliphatic rings. The van der Waals surface area contributed by atoms with Crippen molar-refractivity contribution in [1.29, 1.82) is 5.26 Å². The molecule has 0 aliphatic carbocycles. The lowest BCUT2D eigenvalue weighted by atomic mass is 10.2. The molecular formula is C11H11N3O3. The fourth-order valence-corrected chi connectivity index (χ4v) is 1.80. The Kier molecular flexibility index (Phi) is 3.21. The van der Waals surface area contributed by atoms with Gasteiger partial charge in [-0.2, -0.15) is 5.26 Å². The Labute approximate surface area is 98.0 Å². The van der Waals surface area contributed by atoms with E-state index >= 15 is 0 Å². The number of rotatable bonds is 3. The summed E-state index contributed by atoms with van der Waals surface area (Å²) in [6.07, 6.45) is 0.746. The van der Waals surface area contributed by atoms with Gasteiger partial charge in [0.25, 0.3) is 0 Å². The molecule has 0 saturated carbocycles. The van der Waals surface area contributed by atoms with Gasteiger partial charge >= 0.3 is 5.69 Å². The first-order chi connectivity index (χ1) is 8.22. The van der Waals surface area contributed by atoms with Gasteiger partial charge in [0, 0.05) is 6.54 Å². The minimum absolute atomic E-state index is 0.0263. The number of para-hydroxylation sites is 1. The van der Waals surface area contributed by atoms with Crippen molar-refractivity contribution in [3.63, 3.8) is 0 Å². The molecule has 1 aromatic rings. The van der Waals surface area contributed by atoms with E-state index in [0.717, 1.165) is 13.0 Å². The number of nitro groups is 1. The maximum atomic E-state index is 10.9. The molecule has 1 heterocycles. The van der Waals surface area contributed by atoms with Crippen molar-refractivity contribution in [2.24, 2.45) is 0 Å². The van der Waals surface area contributed by atoms with Gasteiger partial charge in [0.05, 0.1) is 4.92 Å². The zero-order valence-corrected chi connectivity index (χ0v) is 9.05. The first-order valence-corrected chi connectivity index (χ1v) is 5.27. The van der Waals surface area contributed by atoms with E-state index in [-0.39, 0.29) is 23.1 Å². The standard InChI is InChI=1S/C11H11N3O3/c12-6-8-2-1-3-10(11(8)14(15)16)17-9-4-5-13-7-9/h1-3,9,13H,4-5,7H2. The molecule has 2 rings (SSSR count). The monoisotopic (exact) mass is 233 g/mol. The van der Waals surface area contributed by atoms with E-state index < -0.39 is 4.92 Å². The number of nitrogens with zero attached hydrogens (tertiary/aromatic N) is 2. The summed E-state index contributed by atoms with van der Waals surface area (Å²) in [6, 6.07) is 6.33. The molecule has 1 aliphatic heterocycles. The molecule has 1 N–H and O–H groups in total. The smallest absolute Gasteiger partial charge is 0.328 e. The second kappa shape index (κ2) is 4.80. The molecule has 0 amide bonds. The highest BCUT2D eigenvalue weighted by molar-refractivity contribution is 5.58. The Morgan fingerprint density at radius 2 is 2.41 bits per heavy atom. The quantitative estimate of drug-likeness (QED) is 0.626. The zero-order chi connectivity index (χ0) is 12.3. The molecule has 0 spiro atoms. The van der Waals surface area contributed by atoms with Crippen LogP contribution in [0, 0.1) is 21.4 Å². The lowest BCUT2D eigenvalue weighted by molar-refractivity contribution is -0.386. The maximum Gasteiger partial charge on any atom is 0.328 e. The van der Waals surface area contributed by atoms with Gasteiger partial charge < -0.3 is 10.1 Å². The van der Waals surface area contributed by atoms with Crippen molar-refractivity contribution in [1.82, 2.24) is 5.32 Å². The minimum Gasteiger partial charge on any atom is -0.482 e. The summed E-state index contributed by atoms with van der Waals surface area (Å²) in [4.78, 5) is 10.4. The van der Waals surface area contributed by atoms with Gasteiger partial charge in [-0.1, -0.05) is 6.07 Å². The fraction of sp³-hybridized carbons (Fsp3) is 0.364. The molecule has 0 bridgehead atoms. The Bertz CT molecular complexity index is 475. The van der Waals surface area contributed by atoms with Crippen LogP contribution >= 0.6 is 0 Å². The lowest BCUT2D eigenvalue weighted by Gasteiger charge is -2.12. The first kappa shape index (κ1) is 11.4. The van der Waals surface area contributed by atoms with E-state index in [1.165, 1.54) is 12.1 Å². The van der Waals surface area contributed by atoms with Gasteiger partial charge in [-0.15, -0.1) is 0 Å². The second-order valence-corrected chi connectivity index (χ2v) is 3.75. The van der Waals surface area contributed by atoms with Crippen LogP contribution < -0.4 is 10.1 Å². The molecule has 1 aromatic carbocycles. The van der Waals surface area contributed by atoms with Crippen LogP contribution in [0.2, 0.25) is 0 Å². The van der Waals surface area contributed by atoms with Crippen molar-refractivity contribution in [2.45, 2.75) is 12.5 Å². The van der Waals surface area contributed by atoms with E-state index in [1.807, 2.05) is 0 Å². The third kappa shape index (κ3) is 2.34. The molecule has 1 atom stereocenters. The van der Waals surface area contributed by atoms with Crippen molar-refractivity contribution in [2.75, 3.05) is 13.1 Å². The summed E-state index contributed by atoms with van der Waals surface area (Å²) >= 11 is 0. The highest BCUT2D eigenvalue weighted by Crippen LogP contribution is 2.31. The Hall–Kier alpha value is -2.13. The molecule has 1 unspecified atom stereocenters. The molecule has 1 fully saturated rings. The highest BCUT2D eigenvalue weighted by Gasteiger charge is 2.24. The molecule has 17 heavy (non-hydrogen) atoms. The molecule has 6 nitrogen and oxygen atoms in total. The molecule has 1 saturated heterocycles. The van der Waals surface area contributed by atoms with Crippen LogP contribution in [0.3, 0.4) is 0 Å². The normalized spacial score (nSPS) is 18.6. The molecule has 6 heteroatoms. The summed E-state index contributed by atoms with van der Waals surface area (Å²) < 4.78 is 5.55. The van der Waals surface area contributed by atoms with Crippen molar-refractivity contribution < 1.29 is 9.66 Å². The predicted octanol–water partition coefficient (Wildman–Crippen LogP) is 1.21. The Balaban J connectivity index is 2.32. The molecular weight excluding hydrogens is 222 g/mol. The van der Waals surface area contributed by atoms with Crippen molar-refractivity contribution >= 4 is 5.69 Å². The van der Waals surface area contributed by atoms with Crippen LogP contribution in [0.4, 0.5) is 5.69 Å². The lowest BCUT2D eigenvalue weighted by Crippen LogP contribution is -2.20. The topological polar surface area (TPSA) is 88.2 Å². The number of nitriles is 1. The van der Waals surface area contributed by atoms with E-state index in [2.05, 4.69) is 5.32 Å². The number of nitro benzene ring substituents is 1. The van der Waals surface area contributed by atoms with Crippen LogP contribution in [0.25, 0.3) is 0 Å². The Morgan fingerprint density at radius 1 is 1.59 bits per heavy atom. The average molecular weight is 233 g/mol. The van der Waals surface area contributed by atoms with E-state index in [1.54, 1.807) is 12.1 Å². The van der Waals surface area contributed by atoms with E-state index in [0.29, 0.717) is 6.54 Å². The molecule has 88 valence electrons. The summed E-state index contributed by atoms with van der Waals surface area (Å²) in [5, 5.41) is 22.9. The second-order valence-electron chi connectivity index (χ2n) is 3.75. The van der Waals surface area contributed by atoms with E-state index in [4.69, 9.17) is 10.00 Å². The number of hydrogen-bond donors (Lipinski definition) is 1. The van der Waals surface area contributed by atoms with Crippen molar-refractivity contribution in [3.8, 4) is 11.8 Å². The molecule has 0 aromatic heterocycles. The van der Waals surface area contributed by atoms with Gasteiger partial charge in [0.15, 0.2) is 5.75 Å². The minimum atomic E-state index is -0.573. The summed E-state index contributed by atoms with van der Waals surface area (Å²) in [7, 11) is 0. The van der Waals surface area contributed by atoms with Gasteiger partial charge in [-0.25, -0.2) is 0 Å². The number of hydrogen-bond acceptors (Lipinski definition) is 5. The van der Waals surface area contributed by atoms with Crippen LogP contribution in [0.1, 0.15) is 12.0 Å². The number of benzene rings is 1. The van der Waals surface area contributed by atoms with Gasteiger partial charge in [0.2, 0.25) is 0 Å². The van der Waals surface area contributed by atoms with Gasteiger partial charge in [0.1, 0.15) is 17.7 Å². The largest absolute Gasteiger partial charge is 0.482 e. The van der Waals surface area contributed by atoms with Crippen LogP contribution in [0.15, 0.2) is 18.2 Å². The van der Waals surface area contributed by atoms with Crippen LogP contribution in [-0.2, 0) is 0 Å². The van der Waals surface area contributed by atoms with Crippen LogP contribution in [-0.4, -0.2) is 24.1 Å². The van der Waals surface area contributed by atoms with Gasteiger partial charge in [-0.3, -0.25) is 10.1 Å². The maximum absolute atomic E-state index is 10.9. The van der Waals surface area contributed by atoms with Crippen molar-refractivity contribution in [3.05, 3.63) is 33.9 Å². The number of nitrogens with one attached hydrogen (secondary N) is 1. The first-order valence-electron chi connectivity index (χ1n) is 5.27. The zero-order valence-electron chi connectivity index (χ0n) is 9.05. The summed E-state index contributed by atoms with van der Waals surface area (Å²) in [5.74, 6) is 0.169. The van der Waals surface area contributed by atoms with Gasteiger partial charge in [-0.05, 0) is 25.1 Å². The van der Waals surface area contributed by atoms with Crippen LogP contribution in [0.5, 0.6) is 5.75 Å². The fourth-order valence-electron chi connectivity index (χ4n) is 1.80. The highest BCUT2D eigenvalue weighted by atomic mass is 16.6. The third-order valence-corrected chi connectivity index (χ3v) is 2.61. The molecule has 0 radical (unpaired) electrons. The van der Waals surface area contributed by atoms with E-state index in [9.17, 15) is 10.1 Å². The summed E-state index contributed by atoms with van der Waals surface area (Å²) in [6.45, 7) is 1.52. The predicted molar refractivity (Wildman–Crippen MR) is 59.7 cm³/mol. The average Bonchev–Trinajstić information content (AvgIpc) is 2.81. The number of ether oxygens (including phenoxy) is 1. The summed E-state index contributed by atoms with van der Waals surface area (Å²) in [5.41, 5.74) is -0.222. The Morgan fingerprint density at radius 3 is 3.00 bits per heavy atom. The third-order valence-electron chi connectivity index (χ3n) is 2.61. The SMILES string of the molecule is N#Cc1cccc(OC2CCNC2)c1[N+](=O)[O-].